The van der Waals surface area contributed by atoms with Crippen LogP contribution in [0.2, 0.25) is 0 Å². The smallest absolute Gasteiger partial charge is 0.235 e. The number of aryl methyl sites for hydroxylation is 1. The van der Waals surface area contributed by atoms with Crippen molar-refractivity contribution in [3.05, 3.63) is 35.7 Å². The Morgan fingerprint density at radius 2 is 1.84 bits per heavy atom. The minimum atomic E-state index is -0.182. The van der Waals surface area contributed by atoms with Crippen LogP contribution in [0.5, 0.6) is 5.75 Å². The number of aromatic nitrogens is 3. The van der Waals surface area contributed by atoms with Gasteiger partial charge in [-0.15, -0.1) is 10.2 Å². The first kappa shape index (κ1) is 23.6. The van der Waals surface area contributed by atoms with Crippen LogP contribution < -0.4 is 4.74 Å². The maximum atomic E-state index is 12.9. The number of benzene rings is 1. The fourth-order valence-corrected chi connectivity index (χ4v) is 4.69. The molecule has 31 heavy (non-hydrogen) atoms. The number of carbonyl (C=O) groups excluding carboxylic acids is 1. The summed E-state index contributed by atoms with van der Waals surface area (Å²) in [6.07, 6.45) is 3.19. The lowest BCUT2D eigenvalue weighted by Crippen LogP contribution is -2.41. The molecule has 6 nitrogen and oxygen atoms in total. The molecule has 0 bridgehead atoms. The standard InChI is InChI=1S/C24H36N4O2S/c1-6-20-7-9-21(10-8-20)30-16-22-25-26-24(28(22)15-17(2)3)31-19(5)23(29)27-13-11-18(4)12-14-27/h7-10,17-19H,6,11-16H2,1-5H3. The van der Waals surface area contributed by atoms with Gasteiger partial charge in [0.25, 0.3) is 0 Å². The molecule has 1 aromatic carbocycles. The Bertz CT molecular complexity index is 842. The van der Waals surface area contributed by atoms with Crippen LogP contribution in [0.3, 0.4) is 0 Å². The highest BCUT2D eigenvalue weighted by atomic mass is 32.2. The molecule has 1 aliphatic heterocycles. The highest BCUT2D eigenvalue weighted by molar-refractivity contribution is 8.00. The monoisotopic (exact) mass is 444 g/mol. The summed E-state index contributed by atoms with van der Waals surface area (Å²) in [6, 6.07) is 8.17. The molecular formula is C24H36N4O2S. The summed E-state index contributed by atoms with van der Waals surface area (Å²) in [4.78, 5) is 14.9. The fourth-order valence-electron chi connectivity index (χ4n) is 3.73. The maximum absolute atomic E-state index is 12.9. The molecule has 0 saturated carbocycles. The zero-order chi connectivity index (χ0) is 22.4. The van der Waals surface area contributed by atoms with Gasteiger partial charge in [0, 0.05) is 19.6 Å². The van der Waals surface area contributed by atoms with Crippen LogP contribution in [0.25, 0.3) is 0 Å². The van der Waals surface area contributed by atoms with E-state index >= 15 is 0 Å². The van der Waals surface area contributed by atoms with Gasteiger partial charge in [0.15, 0.2) is 11.0 Å². The summed E-state index contributed by atoms with van der Waals surface area (Å²) in [5, 5.41) is 9.42. The summed E-state index contributed by atoms with van der Waals surface area (Å²) in [6.45, 7) is 13.6. The van der Waals surface area contributed by atoms with E-state index in [1.54, 1.807) is 0 Å². The molecule has 1 atom stereocenters. The number of amides is 1. The van der Waals surface area contributed by atoms with Crippen molar-refractivity contribution in [2.45, 2.75) is 77.4 Å². The van der Waals surface area contributed by atoms with Gasteiger partial charge in [-0.1, -0.05) is 51.6 Å². The van der Waals surface area contributed by atoms with E-state index in [0.29, 0.717) is 18.4 Å². The number of likely N-dealkylation sites (tertiary alicyclic amines) is 1. The number of piperidine rings is 1. The van der Waals surface area contributed by atoms with Gasteiger partial charge in [0.1, 0.15) is 12.4 Å². The number of ether oxygens (including phenoxy) is 1. The Balaban J connectivity index is 1.66. The van der Waals surface area contributed by atoms with E-state index in [2.05, 4.69) is 54.6 Å². The van der Waals surface area contributed by atoms with E-state index in [4.69, 9.17) is 4.74 Å². The number of nitrogens with zero attached hydrogens (tertiary/aromatic N) is 4. The van der Waals surface area contributed by atoms with Crippen molar-refractivity contribution in [3.63, 3.8) is 0 Å². The molecule has 2 aromatic rings. The van der Waals surface area contributed by atoms with Crippen molar-refractivity contribution in [1.82, 2.24) is 19.7 Å². The third kappa shape index (κ3) is 6.48. The SMILES string of the molecule is CCc1ccc(OCc2nnc(SC(C)C(=O)N3CCC(C)CC3)n2CC(C)C)cc1. The quantitative estimate of drug-likeness (QED) is 0.519. The van der Waals surface area contributed by atoms with E-state index in [-0.39, 0.29) is 11.2 Å². The highest BCUT2D eigenvalue weighted by Crippen LogP contribution is 2.27. The molecule has 1 aromatic heterocycles. The molecule has 1 unspecified atom stereocenters. The van der Waals surface area contributed by atoms with Crippen molar-refractivity contribution in [2.24, 2.45) is 11.8 Å². The van der Waals surface area contributed by atoms with Crippen molar-refractivity contribution < 1.29 is 9.53 Å². The molecule has 0 spiro atoms. The minimum absolute atomic E-state index is 0.182. The Morgan fingerprint density at radius 1 is 1.16 bits per heavy atom. The Morgan fingerprint density at radius 3 is 2.45 bits per heavy atom. The van der Waals surface area contributed by atoms with E-state index in [9.17, 15) is 4.79 Å². The number of hydrogen-bond acceptors (Lipinski definition) is 5. The average molecular weight is 445 g/mol. The van der Waals surface area contributed by atoms with E-state index in [1.807, 2.05) is 24.0 Å². The third-order valence-electron chi connectivity index (χ3n) is 5.77. The summed E-state index contributed by atoms with van der Waals surface area (Å²) >= 11 is 1.50. The van der Waals surface area contributed by atoms with Gasteiger partial charge in [0.2, 0.25) is 5.91 Å². The normalized spacial score (nSPS) is 16.0. The predicted molar refractivity (Wildman–Crippen MR) is 125 cm³/mol. The van der Waals surface area contributed by atoms with E-state index in [0.717, 1.165) is 55.6 Å². The molecule has 1 amide bonds. The third-order valence-corrected chi connectivity index (χ3v) is 6.83. The molecule has 1 fully saturated rings. The van der Waals surface area contributed by atoms with Gasteiger partial charge in [-0.05, 0) is 55.7 Å². The number of thioether (sulfide) groups is 1. The second-order valence-corrected chi connectivity index (χ2v) is 10.3. The van der Waals surface area contributed by atoms with Crippen molar-refractivity contribution >= 4 is 17.7 Å². The van der Waals surface area contributed by atoms with E-state index in [1.165, 1.54) is 17.3 Å². The van der Waals surface area contributed by atoms with Crippen LogP contribution >= 0.6 is 11.8 Å². The summed E-state index contributed by atoms with van der Waals surface area (Å²) in [5.74, 6) is 2.97. The molecule has 170 valence electrons. The average Bonchev–Trinajstić information content (AvgIpc) is 3.13. The van der Waals surface area contributed by atoms with Crippen molar-refractivity contribution in [1.29, 1.82) is 0 Å². The van der Waals surface area contributed by atoms with Crippen molar-refractivity contribution in [2.75, 3.05) is 13.1 Å². The van der Waals surface area contributed by atoms with Crippen LogP contribution in [0.15, 0.2) is 29.4 Å². The van der Waals surface area contributed by atoms with Gasteiger partial charge in [-0.2, -0.15) is 0 Å². The number of hydrogen-bond donors (Lipinski definition) is 0. The van der Waals surface area contributed by atoms with Gasteiger partial charge < -0.3 is 14.2 Å². The predicted octanol–water partition coefficient (Wildman–Crippen LogP) is 4.81. The van der Waals surface area contributed by atoms with Crippen LogP contribution in [0.1, 0.15) is 58.8 Å². The lowest BCUT2D eigenvalue weighted by molar-refractivity contribution is -0.131. The molecule has 7 heteroatoms. The summed E-state index contributed by atoms with van der Waals surface area (Å²) in [7, 11) is 0. The second kappa shape index (κ2) is 11.0. The van der Waals surface area contributed by atoms with E-state index < -0.39 is 0 Å². The molecule has 1 aliphatic rings. The number of carbonyl (C=O) groups is 1. The Kier molecular flexibility index (Phi) is 8.41. The highest BCUT2D eigenvalue weighted by Gasteiger charge is 2.27. The first-order chi connectivity index (χ1) is 14.9. The maximum Gasteiger partial charge on any atom is 0.235 e. The van der Waals surface area contributed by atoms with Gasteiger partial charge >= 0.3 is 0 Å². The first-order valence-corrected chi connectivity index (χ1v) is 12.3. The van der Waals surface area contributed by atoms with Crippen LogP contribution in [-0.2, 0) is 24.4 Å². The first-order valence-electron chi connectivity index (χ1n) is 11.5. The summed E-state index contributed by atoms with van der Waals surface area (Å²) < 4.78 is 8.09. The number of rotatable bonds is 9. The summed E-state index contributed by atoms with van der Waals surface area (Å²) in [5.41, 5.74) is 1.29. The topological polar surface area (TPSA) is 60.3 Å². The lowest BCUT2D eigenvalue weighted by Gasteiger charge is -2.32. The zero-order valence-electron chi connectivity index (χ0n) is 19.5. The second-order valence-electron chi connectivity index (χ2n) is 8.96. The van der Waals surface area contributed by atoms with Crippen molar-refractivity contribution in [3.8, 4) is 5.75 Å². The fraction of sp³-hybridized carbons (Fsp3) is 0.625. The molecule has 0 radical (unpaired) electrons. The van der Waals surface area contributed by atoms with Crippen LogP contribution in [-0.4, -0.2) is 43.9 Å². The van der Waals surface area contributed by atoms with Gasteiger partial charge in [-0.25, -0.2) is 0 Å². The molecule has 2 heterocycles. The largest absolute Gasteiger partial charge is 0.486 e. The minimum Gasteiger partial charge on any atom is -0.486 e. The molecule has 1 saturated heterocycles. The zero-order valence-corrected chi connectivity index (χ0v) is 20.3. The molecule has 0 aliphatic carbocycles. The van der Waals surface area contributed by atoms with Crippen LogP contribution in [0.4, 0.5) is 0 Å². The Hall–Kier alpha value is -2.02. The van der Waals surface area contributed by atoms with Gasteiger partial charge in [-0.3, -0.25) is 4.79 Å². The Labute approximate surface area is 190 Å². The molecule has 0 N–H and O–H groups in total. The molecule has 3 rings (SSSR count). The van der Waals surface area contributed by atoms with Gasteiger partial charge in [0.05, 0.1) is 5.25 Å². The van der Waals surface area contributed by atoms with Crippen LogP contribution in [0, 0.1) is 11.8 Å². The molecular weight excluding hydrogens is 408 g/mol. The lowest BCUT2D eigenvalue weighted by atomic mass is 9.99.